The smallest absolute Gasteiger partial charge is 0.243 e. The van der Waals surface area contributed by atoms with Gasteiger partial charge in [-0.05, 0) is 42.4 Å². The Kier molecular flexibility index (Phi) is 7.76. The molecule has 0 saturated carbocycles. The normalized spacial score (nSPS) is 12.4. The molecule has 0 heterocycles. The average molecular weight is 373 g/mol. The van der Waals surface area contributed by atoms with E-state index in [4.69, 9.17) is 0 Å². The van der Waals surface area contributed by atoms with Crippen LogP contribution in [0.3, 0.4) is 0 Å². The SMILES string of the molecule is CSc1ccc(S(=O)(=O)N(C)CC(=O)NC(C(C)C)C(C)C)cc1. The van der Waals surface area contributed by atoms with E-state index in [0.29, 0.717) is 0 Å². The first-order chi connectivity index (χ1) is 11.1. The molecule has 0 fully saturated rings. The van der Waals surface area contributed by atoms with Crippen molar-refractivity contribution in [2.45, 2.75) is 43.5 Å². The number of sulfonamides is 1. The number of nitrogens with one attached hydrogen (secondary N) is 1. The van der Waals surface area contributed by atoms with Crippen molar-refractivity contribution in [2.75, 3.05) is 19.8 Å². The summed E-state index contributed by atoms with van der Waals surface area (Å²) in [7, 11) is -2.24. The zero-order valence-electron chi connectivity index (χ0n) is 15.2. The Morgan fingerprint density at radius 3 is 2.04 bits per heavy atom. The van der Waals surface area contributed by atoms with Gasteiger partial charge >= 0.3 is 0 Å². The van der Waals surface area contributed by atoms with Gasteiger partial charge in [-0.3, -0.25) is 4.79 Å². The molecule has 0 unspecified atom stereocenters. The molecule has 1 aromatic rings. The lowest BCUT2D eigenvalue weighted by Gasteiger charge is -2.27. The lowest BCUT2D eigenvalue weighted by atomic mass is 9.93. The van der Waals surface area contributed by atoms with Crippen molar-refractivity contribution < 1.29 is 13.2 Å². The quantitative estimate of drug-likeness (QED) is 0.713. The molecule has 0 bridgehead atoms. The molecule has 1 rings (SSSR count). The van der Waals surface area contributed by atoms with Crippen LogP contribution in [-0.2, 0) is 14.8 Å². The van der Waals surface area contributed by atoms with E-state index in [1.807, 2.05) is 34.0 Å². The number of carbonyl (C=O) groups is 1. The topological polar surface area (TPSA) is 66.5 Å². The second-order valence-corrected chi connectivity index (χ2v) is 9.44. The minimum Gasteiger partial charge on any atom is -0.352 e. The van der Waals surface area contributed by atoms with Crippen LogP contribution in [0.1, 0.15) is 27.7 Å². The zero-order valence-corrected chi connectivity index (χ0v) is 16.9. The number of benzene rings is 1. The van der Waals surface area contributed by atoms with Gasteiger partial charge in [0, 0.05) is 18.0 Å². The van der Waals surface area contributed by atoms with E-state index in [9.17, 15) is 13.2 Å². The van der Waals surface area contributed by atoms with Crippen LogP contribution in [0, 0.1) is 11.8 Å². The molecule has 7 heteroatoms. The summed E-state index contributed by atoms with van der Waals surface area (Å²) < 4.78 is 26.2. The Labute approximate surface area is 150 Å². The molecule has 1 aromatic carbocycles. The van der Waals surface area contributed by atoms with Gasteiger partial charge in [-0.2, -0.15) is 4.31 Å². The lowest BCUT2D eigenvalue weighted by molar-refractivity contribution is -0.122. The van der Waals surface area contributed by atoms with E-state index in [2.05, 4.69) is 5.32 Å². The Morgan fingerprint density at radius 1 is 1.12 bits per heavy atom. The van der Waals surface area contributed by atoms with Crippen molar-refractivity contribution in [3.05, 3.63) is 24.3 Å². The molecule has 0 aliphatic rings. The second kappa shape index (κ2) is 8.87. The largest absolute Gasteiger partial charge is 0.352 e. The Hall–Kier alpha value is -1.05. The van der Waals surface area contributed by atoms with Crippen molar-refractivity contribution in [1.82, 2.24) is 9.62 Å². The van der Waals surface area contributed by atoms with E-state index in [1.54, 1.807) is 36.0 Å². The number of hydrogen-bond donors (Lipinski definition) is 1. The van der Waals surface area contributed by atoms with Gasteiger partial charge in [-0.15, -0.1) is 11.8 Å². The first-order valence-electron chi connectivity index (χ1n) is 7.99. The highest BCUT2D eigenvalue weighted by molar-refractivity contribution is 7.98. The maximum absolute atomic E-state index is 12.6. The van der Waals surface area contributed by atoms with E-state index < -0.39 is 10.0 Å². The molecular weight excluding hydrogens is 344 g/mol. The van der Waals surface area contributed by atoms with Crippen LogP contribution in [0.15, 0.2) is 34.1 Å². The highest BCUT2D eigenvalue weighted by Gasteiger charge is 2.25. The van der Waals surface area contributed by atoms with E-state index in [1.165, 1.54) is 7.05 Å². The molecule has 0 aliphatic carbocycles. The maximum Gasteiger partial charge on any atom is 0.243 e. The summed E-state index contributed by atoms with van der Waals surface area (Å²) in [5.41, 5.74) is 0. The number of thioether (sulfide) groups is 1. The van der Waals surface area contributed by atoms with Gasteiger partial charge in [-0.1, -0.05) is 27.7 Å². The summed E-state index contributed by atoms with van der Waals surface area (Å²) in [5, 5.41) is 2.94. The molecule has 0 aliphatic heterocycles. The van der Waals surface area contributed by atoms with Gasteiger partial charge in [-0.25, -0.2) is 8.42 Å². The first-order valence-corrected chi connectivity index (χ1v) is 10.7. The highest BCUT2D eigenvalue weighted by atomic mass is 32.2. The number of likely N-dealkylation sites (N-methyl/N-ethyl adjacent to an activating group) is 1. The first kappa shape index (κ1) is 21.0. The average Bonchev–Trinajstić information content (AvgIpc) is 2.51. The van der Waals surface area contributed by atoms with Crippen molar-refractivity contribution in [2.24, 2.45) is 11.8 Å². The predicted octanol–water partition coefficient (Wildman–Crippen LogP) is 2.83. The maximum atomic E-state index is 12.6. The molecule has 0 saturated heterocycles. The third-order valence-electron chi connectivity index (χ3n) is 3.90. The highest BCUT2D eigenvalue weighted by Crippen LogP contribution is 2.20. The summed E-state index contributed by atoms with van der Waals surface area (Å²) >= 11 is 1.55. The third-order valence-corrected chi connectivity index (χ3v) is 6.46. The van der Waals surface area contributed by atoms with Gasteiger partial charge in [0.2, 0.25) is 15.9 Å². The van der Waals surface area contributed by atoms with E-state index in [0.717, 1.165) is 9.20 Å². The van der Waals surface area contributed by atoms with Crippen molar-refractivity contribution in [3.63, 3.8) is 0 Å². The lowest BCUT2D eigenvalue weighted by Crippen LogP contribution is -2.46. The Morgan fingerprint density at radius 2 is 1.62 bits per heavy atom. The minimum absolute atomic E-state index is 0.0227. The standard InChI is InChI=1S/C17H28N2O3S2/c1-12(2)17(13(3)4)18-16(20)11-19(5)24(21,22)15-9-7-14(23-6)8-10-15/h7-10,12-13,17H,11H2,1-6H3,(H,18,20). The van der Waals surface area contributed by atoms with Crippen molar-refractivity contribution in [3.8, 4) is 0 Å². The van der Waals surface area contributed by atoms with Gasteiger partial charge in [0.15, 0.2) is 0 Å². The fourth-order valence-corrected chi connectivity index (χ4v) is 4.08. The monoisotopic (exact) mass is 372 g/mol. The van der Waals surface area contributed by atoms with Crippen LogP contribution in [0.2, 0.25) is 0 Å². The van der Waals surface area contributed by atoms with Crippen LogP contribution in [0.5, 0.6) is 0 Å². The van der Waals surface area contributed by atoms with E-state index >= 15 is 0 Å². The third kappa shape index (κ3) is 5.50. The summed E-state index contributed by atoms with van der Waals surface area (Å²) in [5.74, 6) is 0.291. The minimum atomic E-state index is -3.67. The fourth-order valence-electron chi connectivity index (χ4n) is 2.55. The summed E-state index contributed by atoms with van der Waals surface area (Å²) in [6.07, 6.45) is 1.93. The summed E-state index contributed by atoms with van der Waals surface area (Å²) in [4.78, 5) is 13.4. The van der Waals surface area contributed by atoms with Gasteiger partial charge in [0.1, 0.15) is 0 Å². The van der Waals surface area contributed by atoms with Crippen molar-refractivity contribution >= 4 is 27.7 Å². The molecule has 1 N–H and O–H groups in total. The molecule has 1 amide bonds. The number of amides is 1. The number of nitrogens with zero attached hydrogens (tertiary/aromatic N) is 1. The van der Waals surface area contributed by atoms with Crippen LogP contribution < -0.4 is 5.32 Å². The van der Waals surface area contributed by atoms with Gasteiger partial charge in [0.25, 0.3) is 0 Å². The second-order valence-electron chi connectivity index (χ2n) is 6.52. The van der Waals surface area contributed by atoms with Crippen LogP contribution in [0.4, 0.5) is 0 Å². The number of carbonyl (C=O) groups excluding carboxylic acids is 1. The fraction of sp³-hybridized carbons (Fsp3) is 0.588. The number of hydrogen-bond acceptors (Lipinski definition) is 4. The molecular formula is C17H28N2O3S2. The molecule has 5 nitrogen and oxygen atoms in total. The Bertz CT molecular complexity index is 632. The van der Waals surface area contributed by atoms with E-state index in [-0.39, 0.29) is 35.2 Å². The van der Waals surface area contributed by atoms with Gasteiger partial charge in [0.05, 0.1) is 11.4 Å². The Balaban J connectivity index is 2.81. The summed E-state index contributed by atoms with van der Waals surface area (Å²) in [6, 6.07) is 6.69. The summed E-state index contributed by atoms with van der Waals surface area (Å²) in [6.45, 7) is 7.97. The molecule has 0 atom stereocenters. The molecule has 0 spiro atoms. The molecule has 0 radical (unpaired) electrons. The van der Waals surface area contributed by atoms with Gasteiger partial charge < -0.3 is 5.32 Å². The molecule has 24 heavy (non-hydrogen) atoms. The van der Waals surface area contributed by atoms with Crippen LogP contribution >= 0.6 is 11.8 Å². The zero-order chi connectivity index (χ0) is 18.5. The van der Waals surface area contributed by atoms with Crippen molar-refractivity contribution in [1.29, 1.82) is 0 Å². The predicted molar refractivity (Wildman–Crippen MR) is 99.6 cm³/mol. The van der Waals surface area contributed by atoms with Crippen LogP contribution in [0.25, 0.3) is 0 Å². The van der Waals surface area contributed by atoms with Crippen LogP contribution in [-0.4, -0.2) is 44.5 Å². The molecule has 0 aromatic heterocycles. The molecule has 136 valence electrons. The number of rotatable bonds is 8.